The number of amides is 1. The first-order valence-corrected chi connectivity index (χ1v) is 5.61. The van der Waals surface area contributed by atoms with Crippen molar-refractivity contribution in [2.24, 2.45) is 5.92 Å². The van der Waals surface area contributed by atoms with Gasteiger partial charge in [-0.15, -0.1) is 0 Å². The highest BCUT2D eigenvalue weighted by Crippen LogP contribution is 2.11. The Kier molecular flexibility index (Phi) is 4.71. The molecule has 0 heterocycles. The first kappa shape index (κ1) is 14.0. The van der Waals surface area contributed by atoms with Gasteiger partial charge in [0.2, 0.25) is 0 Å². The van der Waals surface area contributed by atoms with Gasteiger partial charge in [0.1, 0.15) is 5.75 Å². The number of carboxylic acid groups (broad SMARTS) is 1. The summed E-state index contributed by atoms with van der Waals surface area (Å²) in [5.41, 5.74) is 0.378. The largest absolute Gasteiger partial charge is 0.548 e. The molecule has 1 aromatic rings. The average molecular weight is 250 g/mol. The van der Waals surface area contributed by atoms with Gasteiger partial charge in [-0.1, -0.05) is 13.8 Å². The highest BCUT2D eigenvalue weighted by molar-refractivity contribution is 5.96. The van der Waals surface area contributed by atoms with E-state index in [-0.39, 0.29) is 5.92 Å². The summed E-state index contributed by atoms with van der Waals surface area (Å²) in [7, 11) is 1.53. The Balaban J connectivity index is 2.77. The molecule has 5 nitrogen and oxygen atoms in total. The zero-order valence-electron chi connectivity index (χ0n) is 10.6. The van der Waals surface area contributed by atoms with Gasteiger partial charge in [0.15, 0.2) is 0 Å². The normalized spacial score (nSPS) is 12.0. The van der Waals surface area contributed by atoms with Gasteiger partial charge in [-0.05, 0) is 30.2 Å². The average Bonchev–Trinajstić information content (AvgIpc) is 2.35. The molecule has 0 fully saturated rings. The topological polar surface area (TPSA) is 78.5 Å². The Bertz CT molecular complexity index is 425. The van der Waals surface area contributed by atoms with Crippen LogP contribution in [-0.4, -0.2) is 25.0 Å². The Labute approximate surface area is 106 Å². The third kappa shape index (κ3) is 3.48. The van der Waals surface area contributed by atoms with Gasteiger partial charge in [0.25, 0.3) is 5.91 Å². The fraction of sp³-hybridized carbons (Fsp3) is 0.385. The van der Waals surface area contributed by atoms with Crippen molar-refractivity contribution in [2.45, 2.75) is 19.9 Å². The summed E-state index contributed by atoms with van der Waals surface area (Å²) in [5, 5.41) is 13.3. The van der Waals surface area contributed by atoms with E-state index in [1.54, 1.807) is 38.1 Å². The van der Waals surface area contributed by atoms with Crippen LogP contribution in [0.25, 0.3) is 0 Å². The molecule has 1 unspecified atom stereocenters. The molecular formula is C13H16NO4-. The highest BCUT2D eigenvalue weighted by atomic mass is 16.5. The molecule has 5 heteroatoms. The van der Waals surface area contributed by atoms with E-state index in [1.165, 1.54) is 7.11 Å². The third-order valence-electron chi connectivity index (χ3n) is 2.56. The lowest BCUT2D eigenvalue weighted by Crippen LogP contribution is -2.50. The van der Waals surface area contributed by atoms with Crippen LogP contribution in [0.15, 0.2) is 24.3 Å². The van der Waals surface area contributed by atoms with Crippen molar-refractivity contribution in [3.8, 4) is 5.75 Å². The summed E-state index contributed by atoms with van der Waals surface area (Å²) in [5.74, 6) is -1.34. The minimum Gasteiger partial charge on any atom is -0.548 e. The Morgan fingerprint density at radius 2 is 1.78 bits per heavy atom. The van der Waals surface area contributed by atoms with E-state index in [0.717, 1.165) is 0 Å². The maximum atomic E-state index is 11.8. The summed E-state index contributed by atoms with van der Waals surface area (Å²) in [6.07, 6.45) is 0. The molecule has 0 spiro atoms. The lowest BCUT2D eigenvalue weighted by molar-refractivity contribution is -0.309. The molecule has 98 valence electrons. The van der Waals surface area contributed by atoms with Crippen LogP contribution in [-0.2, 0) is 4.79 Å². The molecule has 0 aliphatic heterocycles. The number of carboxylic acids is 1. The van der Waals surface area contributed by atoms with E-state index < -0.39 is 17.9 Å². The SMILES string of the molecule is COc1ccc(C(=O)NC(C(=O)[O-])C(C)C)cc1. The van der Waals surface area contributed by atoms with Gasteiger partial charge in [-0.2, -0.15) is 0 Å². The maximum absolute atomic E-state index is 11.8. The van der Waals surface area contributed by atoms with E-state index in [4.69, 9.17) is 4.74 Å². The predicted molar refractivity (Wildman–Crippen MR) is 64.1 cm³/mol. The minimum atomic E-state index is -1.29. The Morgan fingerprint density at radius 3 is 2.17 bits per heavy atom. The molecule has 1 amide bonds. The van der Waals surface area contributed by atoms with Gasteiger partial charge in [-0.25, -0.2) is 0 Å². The molecular weight excluding hydrogens is 234 g/mol. The molecule has 1 atom stereocenters. The monoisotopic (exact) mass is 250 g/mol. The number of nitrogens with one attached hydrogen (secondary N) is 1. The summed E-state index contributed by atoms with van der Waals surface area (Å²) in [6, 6.07) is 5.41. The van der Waals surface area contributed by atoms with Crippen LogP contribution in [0.2, 0.25) is 0 Å². The van der Waals surface area contributed by atoms with Crippen LogP contribution in [0.3, 0.4) is 0 Å². The first-order chi connectivity index (χ1) is 8.45. The second-order valence-corrected chi connectivity index (χ2v) is 4.24. The summed E-state index contributed by atoms with van der Waals surface area (Å²) < 4.78 is 4.97. The van der Waals surface area contributed by atoms with Crippen molar-refractivity contribution < 1.29 is 19.4 Å². The Morgan fingerprint density at radius 1 is 1.22 bits per heavy atom. The van der Waals surface area contributed by atoms with Gasteiger partial charge >= 0.3 is 0 Å². The summed E-state index contributed by atoms with van der Waals surface area (Å²) in [6.45, 7) is 3.41. The first-order valence-electron chi connectivity index (χ1n) is 5.61. The molecule has 1 rings (SSSR count). The van der Waals surface area contributed by atoms with Gasteiger partial charge in [0.05, 0.1) is 19.1 Å². The number of aliphatic carboxylic acids is 1. The maximum Gasteiger partial charge on any atom is 0.251 e. The van der Waals surface area contributed by atoms with Crippen molar-refractivity contribution in [1.29, 1.82) is 0 Å². The van der Waals surface area contributed by atoms with E-state index in [9.17, 15) is 14.7 Å². The smallest absolute Gasteiger partial charge is 0.251 e. The lowest BCUT2D eigenvalue weighted by Gasteiger charge is -2.23. The van der Waals surface area contributed by atoms with E-state index >= 15 is 0 Å². The Hall–Kier alpha value is -2.04. The van der Waals surface area contributed by atoms with Gasteiger partial charge in [0, 0.05) is 5.56 Å². The van der Waals surface area contributed by atoms with Crippen LogP contribution in [0.5, 0.6) is 5.75 Å². The molecule has 0 radical (unpaired) electrons. The van der Waals surface area contributed by atoms with Crippen molar-refractivity contribution in [3.63, 3.8) is 0 Å². The highest BCUT2D eigenvalue weighted by Gasteiger charge is 2.18. The van der Waals surface area contributed by atoms with Crippen molar-refractivity contribution in [3.05, 3.63) is 29.8 Å². The van der Waals surface area contributed by atoms with Crippen molar-refractivity contribution >= 4 is 11.9 Å². The minimum absolute atomic E-state index is 0.239. The summed E-state index contributed by atoms with van der Waals surface area (Å²) >= 11 is 0. The zero-order chi connectivity index (χ0) is 13.7. The van der Waals surface area contributed by atoms with E-state index in [0.29, 0.717) is 11.3 Å². The van der Waals surface area contributed by atoms with Crippen molar-refractivity contribution in [2.75, 3.05) is 7.11 Å². The fourth-order valence-electron chi connectivity index (χ4n) is 1.46. The molecule has 0 aliphatic carbocycles. The lowest BCUT2D eigenvalue weighted by atomic mass is 10.0. The van der Waals surface area contributed by atoms with E-state index in [1.807, 2.05) is 0 Å². The number of rotatable bonds is 5. The fourth-order valence-corrected chi connectivity index (χ4v) is 1.46. The zero-order valence-corrected chi connectivity index (χ0v) is 10.6. The molecule has 0 aromatic heterocycles. The van der Waals surface area contributed by atoms with Crippen molar-refractivity contribution in [1.82, 2.24) is 5.32 Å². The van der Waals surface area contributed by atoms with Crippen LogP contribution in [0.4, 0.5) is 0 Å². The molecule has 18 heavy (non-hydrogen) atoms. The number of carbonyl (C=O) groups is 2. The molecule has 0 bridgehead atoms. The second-order valence-electron chi connectivity index (χ2n) is 4.24. The quantitative estimate of drug-likeness (QED) is 0.809. The summed E-state index contributed by atoms with van der Waals surface area (Å²) in [4.78, 5) is 22.7. The number of hydrogen-bond acceptors (Lipinski definition) is 4. The number of benzene rings is 1. The number of carbonyl (C=O) groups excluding carboxylic acids is 2. The van der Waals surface area contributed by atoms with Crippen LogP contribution >= 0.6 is 0 Å². The molecule has 0 saturated carbocycles. The molecule has 0 saturated heterocycles. The standard InChI is InChI=1S/C13H17NO4/c1-8(2)11(13(16)17)14-12(15)9-4-6-10(18-3)7-5-9/h4-8,11H,1-3H3,(H,14,15)(H,16,17)/p-1. The number of methoxy groups -OCH3 is 1. The molecule has 1 N–H and O–H groups in total. The van der Waals surface area contributed by atoms with Crippen LogP contribution in [0.1, 0.15) is 24.2 Å². The van der Waals surface area contributed by atoms with Gasteiger partial charge < -0.3 is 20.0 Å². The molecule has 0 aliphatic rings. The second kappa shape index (κ2) is 6.05. The van der Waals surface area contributed by atoms with Crippen LogP contribution in [0, 0.1) is 5.92 Å². The van der Waals surface area contributed by atoms with Crippen LogP contribution < -0.4 is 15.2 Å². The van der Waals surface area contributed by atoms with Gasteiger partial charge in [-0.3, -0.25) is 4.79 Å². The molecule has 1 aromatic carbocycles. The number of hydrogen-bond donors (Lipinski definition) is 1. The van der Waals surface area contributed by atoms with E-state index in [2.05, 4.69) is 5.32 Å². The predicted octanol–water partition coefficient (Wildman–Crippen LogP) is 0.199. The third-order valence-corrected chi connectivity index (χ3v) is 2.56. The number of ether oxygens (including phenoxy) is 1.